The molecule has 1 aliphatic heterocycles. The molecule has 2 nitrogen and oxygen atoms in total. The zero-order chi connectivity index (χ0) is 9.23. The Hall–Kier alpha value is 0.880. The number of likely N-dealkylation sites (N-methyl/N-ethyl adjacent to an activating group) is 1. The van der Waals surface area contributed by atoms with Gasteiger partial charge in [0.15, 0.2) is 0 Å². The molecule has 1 aliphatic rings. The molecule has 0 aromatic rings. The first-order valence-electron chi connectivity index (χ1n) is 5.15. The van der Waals surface area contributed by atoms with Crippen molar-refractivity contribution in [1.29, 1.82) is 0 Å². The lowest BCUT2D eigenvalue weighted by molar-refractivity contribution is 0.0405. The molecule has 0 aromatic heterocycles. The summed E-state index contributed by atoms with van der Waals surface area (Å²) >= 11 is 0. The molecule has 14 heavy (non-hydrogen) atoms. The van der Waals surface area contributed by atoms with Crippen molar-refractivity contribution in [1.82, 2.24) is 4.90 Å². The van der Waals surface area contributed by atoms with Crippen molar-refractivity contribution >= 4 is 34.0 Å². The lowest BCUT2D eigenvalue weighted by Crippen LogP contribution is -2.35. The third-order valence-corrected chi connectivity index (χ3v) is 2.05. The molecule has 0 N–H and O–H groups in total. The van der Waals surface area contributed by atoms with Gasteiger partial charge in [0.1, 0.15) is 0 Å². The van der Waals surface area contributed by atoms with Crippen LogP contribution >= 0.6 is 34.0 Å². The molecule has 1 heterocycles. The van der Waals surface area contributed by atoms with E-state index in [1.807, 2.05) is 0 Å². The van der Waals surface area contributed by atoms with Crippen LogP contribution in [0.4, 0.5) is 0 Å². The summed E-state index contributed by atoms with van der Waals surface area (Å²) in [5.41, 5.74) is 0. The van der Waals surface area contributed by atoms with E-state index in [2.05, 4.69) is 25.7 Å². The van der Waals surface area contributed by atoms with Crippen LogP contribution in [0, 0.1) is 0 Å². The Morgan fingerprint density at radius 3 is 1.57 bits per heavy atom. The summed E-state index contributed by atoms with van der Waals surface area (Å²) < 4.78 is 5.16. The van der Waals surface area contributed by atoms with Gasteiger partial charge in [0, 0.05) is 13.1 Å². The van der Waals surface area contributed by atoms with Crippen LogP contribution in [0.5, 0.6) is 0 Å². The number of halogens is 2. The summed E-state index contributed by atoms with van der Waals surface area (Å²) in [6.45, 7) is 11.8. The van der Waals surface area contributed by atoms with Crippen LogP contribution in [0.1, 0.15) is 33.6 Å². The van der Waals surface area contributed by atoms with Gasteiger partial charge in [-0.05, 0) is 6.54 Å². The van der Waals surface area contributed by atoms with Crippen molar-refractivity contribution < 1.29 is 4.74 Å². The zero-order valence-corrected chi connectivity index (χ0v) is 13.0. The molecular formula is C10H25Br2NO. The van der Waals surface area contributed by atoms with Crippen molar-refractivity contribution in [2.45, 2.75) is 33.6 Å². The number of hydrogen-bond donors (Lipinski definition) is 0. The number of ether oxygens (including phenoxy) is 1. The minimum absolute atomic E-state index is 0. The third kappa shape index (κ3) is 12.9. The number of unbranched alkanes of at least 4 members (excludes halogenated alkanes) is 1. The summed E-state index contributed by atoms with van der Waals surface area (Å²) in [4.78, 5) is 2.39. The van der Waals surface area contributed by atoms with Crippen molar-refractivity contribution in [2.24, 2.45) is 0 Å². The van der Waals surface area contributed by atoms with E-state index in [4.69, 9.17) is 4.74 Å². The Labute approximate surface area is 110 Å². The monoisotopic (exact) mass is 333 g/mol. The van der Waals surface area contributed by atoms with Gasteiger partial charge in [-0.1, -0.05) is 33.6 Å². The van der Waals surface area contributed by atoms with E-state index in [-0.39, 0.29) is 34.0 Å². The summed E-state index contributed by atoms with van der Waals surface area (Å²) in [5, 5.41) is 0. The maximum Gasteiger partial charge on any atom is 0.0594 e. The first kappa shape index (κ1) is 20.3. The predicted octanol–water partition coefficient (Wildman–Crippen LogP) is 3.30. The lowest BCUT2D eigenvalue weighted by atomic mass is 10.4. The summed E-state index contributed by atoms with van der Waals surface area (Å²) in [6.07, 6.45) is 2.64. The average Bonchev–Trinajstić information content (AvgIpc) is 2.19. The molecule has 0 spiro atoms. The Morgan fingerprint density at radius 1 is 0.929 bits per heavy atom. The van der Waals surface area contributed by atoms with Gasteiger partial charge in [0.25, 0.3) is 0 Å². The van der Waals surface area contributed by atoms with E-state index in [9.17, 15) is 0 Å². The fourth-order valence-corrected chi connectivity index (χ4v) is 0.917. The minimum atomic E-state index is 0. The van der Waals surface area contributed by atoms with E-state index in [1.54, 1.807) is 0 Å². The van der Waals surface area contributed by atoms with Gasteiger partial charge < -0.3 is 4.74 Å². The first-order valence-corrected chi connectivity index (χ1v) is 5.15. The van der Waals surface area contributed by atoms with E-state index in [1.165, 1.54) is 19.4 Å². The van der Waals surface area contributed by atoms with Crippen molar-refractivity contribution in [3.8, 4) is 0 Å². The molecule has 1 fully saturated rings. The van der Waals surface area contributed by atoms with Crippen LogP contribution in [0.15, 0.2) is 0 Å². The quantitative estimate of drug-likeness (QED) is 0.768. The third-order valence-electron chi connectivity index (χ3n) is 2.05. The molecule has 0 bridgehead atoms. The summed E-state index contributed by atoms with van der Waals surface area (Å²) in [6, 6.07) is 0. The highest BCUT2D eigenvalue weighted by molar-refractivity contribution is 8.93. The maximum absolute atomic E-state index is 5.16. The molecule has 0 amide bonds. The van der Waals surface area contributed by atoms with E-state index < -0.39 is 0 Å². The van der Waals surface area contributed by atoms with Crippen molar-refractivity contribution in [3.05, 3.63) is 0 Å². The molecule has 1 rings (SSSR count). The second-order valence-electron chi connectivity index (χ2n) is 3.05. The standard InChI is InChI=1S/C6H13NO.C4H10.2BrH/c1-2-7-3-5-8-6-4-7;1-3-4-2;;/h2-6H2,1H3;3-4H2,1-2H3;2*1H. The van der Waals surface area contributed by atoms with Gasteiger partial charge in [0.05, 0.1) is 13.2 Å². The second-order valence-corrected chi connectivity index (χ2v) is 3.05. The van der Waals surface area contributed by atoms with Gasteiger partial charge in [-0.3, -0.25) is 4.90 Å². The highest BCUT2D eigenvalue weighted by Crippen LogP contribution is 1.93. The Bertz CT molecular complexity index is 86.2. The van der Waals surface area contributed by atoms with Crippen molar-refractivity contribution in [3.63, 3.8) is 0 Å². The van der Waals surface area contributed by atoms with Crippen LogP contribution in [-0.2, 0) is 4.74 Å². The largest absolute Gasteiger partial charge is 0.379 e. The molecule has 4 heteroatoms. The van der Waals surface area contributed by atoms with E-state index in [0.29, 0.717) is 0 Å². The highest BCUT2D eigenvalue weighted by atomic mass is 79.9. The number of nitrogens with zero attached hydrogens (tertiary/aromatic N) is 1. The number of morpholine rings is 1. The first-order chi connectivity index (χ1) is 5.85. The highest BCUT2D eigenvalue weighted by Gasteiger charge is 2.05. The van der Waals surface area contributed by atoms with Crippen LogP contribution < -0.4 is 0 Å². The van der Waals surface area contributed by atoms with E-state index in [0.717, 1.165) is 26.3 Å². The van der Waals surface area contributed by atoms with Crippen LogP contribution in [-0.4, -0.2) is 37.7 Å². The van der Waals surface area contributed by atoms with Crippen LogP contribution in [0.2, 0.25) is 0 Å². The number of rotatable bonds is 2. The molecular weight excluding hydrogens is 310 g/mol. The average molecular weight is 335 g/mol. The molecule has 0 radical (unpaired) electrons. The fourth-order valence-electron chi connectivity index (χ4n) is 0.917. The van der Waals surface area contributed by atoms with Gasteiger partial charge in [0.2, 0.25) is 0 Å². The molecule has 0 unspecified atom stereocenters. The van der Waals surface area contributed by atoms with Gasteiger partial charge >= 0.3 is 0 Å². The molecule has 90 valence electrons. The smallest absolute Gasteiger partial charge is 0.0594 e. The summed E-state index contributed by atoms with van der Waals surface area (Å²) in [7, 11) is 0. The lowest BCUT2D eigenvalue weighted by Gasteiger charge is -2.24. The van der Waals surface area contributed by atoms with Gasteiger partial charge in [-0.25, -0.2) is 0 Å². The zero-order valence-electron chi connectivity index (χ0n) is 9.62. The van der Waals surface area contributed by atoms with Gasteiger partial charge in [-0.15, -0.1) is 34.0 Å². The molecule has 0 saturated carbocycles. The molecule has 0 aromatic carbocycles. The Kier molecular flexibility index (Phi) is 23.7. The van der Waals surface area contributed by atoms with E-state index >= 15 is 0 Å². The number of hydrogen-bond acceptors (Lipinski definition) is 2. The van der Waals surface area contributed by atoms with Gasteiger partial charge in [-0.2, -0.15) is 0 Å². The fraction of sp³-hybridized carbons (Fsp3) is 1.00. The SMILES string of the molecule is Br.Br.CCCC.CCN1CCOCC1. The normalized spacial score (nSPS) is 15.6. The molecule has 0 atom stereocenters. The molecule has 1 saturated heterocycles. The second kappa shape index (κ2) is 16.3. The topological polar surface area (TPSA) is 12.5 Å². The van der Waals surface area contributed by atoms with Crippen LogP contribution in [0.3, 0.4) is 0 Å². The maximum atomic E-state index is 5.16. The summed E-state index contributed by atoms with van der Waals surface area (Å²) in [5.74, 6) is 0. The Morgan fingerprint density at radius 2 is 1.36 bits per heavy atom. The van der Waals surface area contributed by atoms with Crippen LogP contribution in [0.25, 0.3) is 0 Å². The van der Waals surface area contributed by atoms with Crippen molar-refractivity contribution in [2.75, 3.05) is 32.8 Å². The molecule has 0 aliphatic carbocycles. The Balaban J connectivity index is -0.000000180. The minimum Gasteiger partial charge on any atom is -0.379 e. The predicted molar refractivity (Wildman–Crippen MR) is 74.2 cm³/mol.